The normalized spacial score (nSPS) is 19.3. The summed E-state index contributed by atoms with van der Waals surface area (Å²) in [7, 11) is 0. The predicted octanol–water partition coefficient (Wildman–Crippen LogP) is 3.47. The average molecular weight is 420 g/mol. The van der Waals surface area contributed by atoms with Gasteiger partial charge in [0.1, 0.15) is 0 Å². The highest BCUT2D eigenvalue weighted by atomic mass is 16.5. The quantitative estimate of drug-likeness (QED) is 0.605. The van der Waals surface area contributed by atoms with Gasteiger partial charge in [-0.3, -0.25) is 14.4 Å². The van der Waals surface area contributed by atoms with Crippen LogP contribution in [0.1, 0.15) is 35.7 Å². The van der Waals surface area contributed by atoms with Crippen molar-refractivity contribution in [2.24, 2.45) is 5.92 Å². The van der Waals surface area contributed by atoms with E-state index in [9.17, 15) is 14.4 Å². The second-order valence-electron chi connectivity index (χ2n) is 7.53. The van der Waals surface area contributed by atoms with Crippen LogP contribution < -0.4 is 10.1 Å². The molecule has 1 atom stereocenters. The molecule has 1 saturated heterocycles. The van der Waals surface area contributed by atoms with Crippen molar-refractivity contribution in [3.05, 3.63) is 65.4 Å². The van der Waals surface area contributed by atoms with Crippen molar-refractivity contribution < 1.29 is 23.9 Å². The lowest BCUT2D eigenvalue weighted by molar-refractivity contribution is -0.149. The Kier molecular flexibility index (Phi) is 6.02. The van der Waals surface area contributed by atoms with Crippen molar-refractivity contribution in [1.82, 2.24) is 4.90 Å². The van der Waals surface area contributed by atoms with Gasteiger partial charge in [0.15, 0.2) is 11.5 Å². The Balaban J connectivity index is 1.45. The van der Waals surface area contributed by atoms with E-state index in [2.05, 4.69) is 5.32 Å². The standard InChI is InChI=1S/C24H24N2O5/c1-2-30-24(29)18-6-5-13-26(15-18)23(28)17-11-9-16(10-12-17)14-21-22(27)25-19-7-3-4-8-20(19)31-21/h3-4,7-12,14,18H,2,5-6,13,15H2,1H3,(H,25,27)/b21-14-/t18-/m1/s1. The molecule has 2 aliphatic heterocycles. The maximum atomic E-state index is 12.9. The molecule has 4 rings (SSSR count). The number of piperidine rings is 1. The third-order valence-corrected chi connectivity index (χ3v) is 5.36. The number of anilines is 1. The van der Waals surface area contributed by atoms with Crippen LogP contribution in [0.2, 0.25) is 0 Å². The van der Waals surface area contributed by atoms with Crippen molar-refractivity contribution in [3.63, 3.8) is 0 Å². The summed E-state index contributed by atoms with van der Waals surface area (Å²) in [6.07, 6.45) is 3.14. The molecule has 0 saturated carbocycles. The van der Waals surface area contributed by atoms with Crippen LogP contribution in [0.5, 0.6) is 5.75 Å². The first-order valence-electron chi connectivity index (χ1n) is 10.4. The van der Waals surface area contributed by atoms with Gasteiger partial charge >= 0.3 is 5.97 Å². The lowest BCUT2D eigenvalue weighted by Crippen LogP contribution is -2.42. The van der Waals surface area contributed by atoms with Crippen LogP contribution in [0.25, 0.3) is 6.08 Å². The molecule has 2 aromatic rings. The predicted molar refractivity (Wildman–Crippen MR) is 115 cm³/mol. The van der Waals surface area contributed by atoms with E-state index in [-0.39, 0.29) is 29.5 Å². The topological polar surface area (TPSA) is 84.9 Å². The highest BCUT2D eigenvalue weighted by Gasteiger charge is 2.29. The Morgan fingerprint density at radius 2 is 1.97 bits per heavy atom. The Labute approximate surface area is 180 Å². The molecule has 0 bridgehead atoms. The van der Waals surface area contributed by atoms with Crippen molar-refractivity contribution in [2.45, 2.75) is 19.8 Å². The fraction of sp³-hybridized carbons (Fsp3) is 0.292. The molecule has 160 valence electrons. The van der Waals surface area contributed by atoms with Gasteiger partial charge in [-0.25, -0.2) is 0 Å². The highest BCUT2D eigenvalue weighted by Crippen LogP contribution is 2.30. The van der Waals surface area contributed by atoms with Gasteiger partial charge in [-0.15, -0.1) is 0 Å². The number of rotatable bonds is 4. The van der Waals surface area contributed by atoms with Gasteiger partial charge in [-0.1, -0.05) is 24.3 Å². The molecule has 0 radical (unpaired) electrons. The summed E-state index contributed by atoms with van der Waals surface area (Å²) in [5, 5.41) is 2.79. The number of nitrogens with one attached hydrogen (secondary N) is 1. The van der Waals surface area contributed by atoms with Gasteiger partial charge < -0.3 is 19.7 Å². The summed E-state index contributed by atoms with van der Waals surface area (Å²) in [6, 6.07) is 14.2. The van der Waals surface area contributed by atoms with Crippen LogP contribution in [0.15, 0.2) is 54.3 Å². The number of benzene rings is 2. The summed E-state index contributed by atoms with van der Waals surface area (Å²) < 4.78 is 10.8. The molecule has 2 aliphatic rings. The molecule has 7 nitrogen and oxygen atoms in total. The Hall–Kier alpha value is -3.61. The first-order valence-corrected chi connectivity index (χ1v) is 10.4. The summed E-state index contributed by atoms with van der Waals surface area (Å²) in [5.41, 5.74) is 1.91. The number of para-hydroxylation sites is 2. The Morgan fingerprint density at radius 3 is 2.74 bits per heavy atom. The number of likely N-dealkylation sites (tertiary alicyclic amines) is 1. The number of nitrogens with zero attached hydrogens (tertiary/aromatic N) is 1. The van der Waals surface area contributed by atoms with E-state index in [0.29, 0.717) is 36.7 Å². The second kappa shape index (κ2) is 9.04. The number of hydrogen-bond acceptors (Lipinski definition) is 5. The number of esters is 1. The monoisotopic (exact) mass is 420 g/mol. The fourth-order valence-electron chi connectivity index (χ4n) is 3.77. The summed E-state index contributed by atoms with van der Waals surface area (Å²) in [6.45, 7) is 3.11. The average Bonchev–Trinajstić information content (AvgIpc) is 2.80. The van der Waals surface area contributed by atoms with E-state index in [1.54, 1.807) is 54.3 Å². The molecular weight excluding hydrogens is 396 g/mol. The van der Waals surface area contributed by atoms with Crippen LogP contribution in [0, 0.1) is 5.92 Å². The van der Waals surface area contributed by atoms with Crippen molar-refractivity contribution >= 4 is 29.5 Å². The lowest BCUT2D eigenvalue weighted by Gasteiger charge is -2.31. The van der Waals surface area contributed by atoms with Crippen molar-refractivity contribution in [3.8, 4) is 5.75 Å². The largest absolute Gasteiger partial charge is 0.466 e. The summed E-state index contributed by atoms with van der Waals surface area (Å²) in [4.78, 5) is 38.9. The van der Waals surface area contributed by atoms with Crippen LogP contribution in [0.4, 0.5) is 5.69 Å². The zero-order chi connectivity index (χ0) is 21.8. The third kappa shape index (κ3) is 4.60. The fourth-order valence-corrected chi connectivity index (χ4v) is 3.77. The van der Waals surface area contributed by atoms with Crippen LogP contribution in [0.3, 0.4) is 0 Å². The van der Waals surface area contributed by atoms with Crippen LogP contribution in [-0.2, 0) is 14.3 Å². The minimum Gasteiger partial charge on any atom is -0.466 e. The van der Waals surface area contributed by atoms with Crippen LogP contribution in [-0.4, -0.2) is 42.4 Å². The second-order valence-corrected chi connectivity index (χ2v) is 7.53. The number of carbonyl (C=O) groups is 3. The third-order valence-electron chi connectivity index (χ3n) is 5.36. The van der Waals surface area contributed by atoms with Gasteiger partial charge in [-0.05, 0) is 55.7 Å². The Bertz CT molecular complexity index is 1030. The maximum absolute atomic E-state index is 12.9. The summed E-state index contributed by atoms with van der Waals surface area (Å²) in [5.74, 6) is -0.181. The number of carbonyl (C=O) groups excluding carboxylic acids is 3. The minimum atomic E-state index is -0.322. The molecule has 1 fully saturated rings. The molecule has 7 heteroatoms. The molecule has 0 unspecified atom stereocenters. The smallest absolute Gasteiger partial charge is 0.310 e. The minimum absolute atomic E-state index is 0.117. The first kappa shape index (κ1) is 20.7. The van der Waals surface area contributed by atoms with Gasteiger partial charge in [0.05, 0.1) is 18.2 Å². The summed E-state index contributed by atoms with van der Waals surface area (Å²) >= 11 is 0. The number of amides is 2. The van der Waals surface area contributed by atoms with E-state index in [4.69, 9.17) is 9.47 Å². The van der Waals surface area contributed by atoms with E-state index >= 15 is 0 Å². The molecule has 0 aromatic heterocycles. The van der Waals surface area contributed by atoms with E-state index in [1.807, 2.05) is 12.1 Å². The van der Waals surface area contributed by atoms with Gasteiger partial charge in [-0.2, -0.15) is 0 Å². The van der Waals surface area contributed by atoms with E-state index < -0.39 is 0 Å². The molecule has 31 heavy (non-hydrogen) atoms. The molecule has 1 N–H and O–H groups in total. The Morgan fingerprint density at radius 1 is 1.19 bits per heavy atom. The number of hydrogen-bond donors (Lipinski definition) is 1. The number of ether oxygens (including phenoxy) is 2. The van der Waals surface area contributed by atoms with E-state index in [0.717, 1.165) is 18.4 Å². The van der Waals surface area contributed by atoms with Gasteiger partial charge in [0.2, 0.25) is 0 Å². The zero-order valence-electron chi connectivity index (χ0n) is 17.3. The SMILES string of the molecule is CCOC(=O)[C@@H]1CCCN(C(=O)c2ccc(/C=C3\Oc4ccccc4NC3=O)cc2)C1. The molecule has 2 heterocycles. The molecule has 2 amide bonds. The van der Waals surface area contributed by atoms with E-state index in [1.165, 1.54) is 0 Å². The van der Waals surface area contributed by atoms with Crippen LogP contribution >= 0.6 is 0 Å². The maximum Gasteiger partial charge on any atom is 0.310 e. The van der Waals surface area contributed by atoms with Gasteiger partial charge in [0.25, 0.3) is 11.8 Å². The molecule has 2 aromatic carbocycles. The zero-order valence-corrected chi connectivity index (χ0v) is 17.3. The molecular formula is C24H24N2O5. The molecule has 0 aliphatic carbocycles. The highest BCUT2D eigenvalue weighted by molar-refractivity contribution is 6.08. The van der Waals surface area contributed by atoms with Crippen molar-refractivity contribution in [2.75, 3.05) is 25.0 Å². The molecule has 0 spiro atoms. The van der Waals surface area contributed by atoms with Gasteiger partial charge in [0, 0.05) is 18.7 Å². The van der Waals surface area contributed by atoms with Crippen molar-refractivity contribution in [1.29, 1.82) is 0 Å². The lowest BCUT2D eigenvalue weighted by atomic mass is 9.97. The first-order chi connectivity index (χ1) is 15.0. The number of fused-ring (bicyclic) bond motifs is 1.